The van der Waals surface area contributed by atoms with E-state index in [4.69, 9.17) is 0 Å². The molecular weight excluding hydrogens is 184 g/mol. The summed E-state index contributed by atoms with van der Waals surface area (Å²) in [5, 5.41) is 0. The fourth-order valence-corrected chi connectivity index (χ4v) is 2.32. The molecule has 1 aliphatic carbocycles. The van der Waals surface area contributed by atoms with E-state index in [1.807, 2.05) is 0 Å². The summed E-state index contributed by atoms with van der Waals surface area (Å²) in [6.07, 6.45) is 5.39. The molecule has 1 unspecified atom stereocenters. The molecule has 0 bridgehead atoms. The van der Waals surface area contributed by atoms with Crippen LogP contribution in [0.2, 0.25) is 0 Å². The lowest BCUT2D eigenvalue weighted by Crippen LogP contribution is -2.35. The summed E-state index contributed by atoms with van der Waals surface area (Å²) in [6, 6.07) is 2.82. The van der Waals surface area contributed by atoms with Gasteiger partial charge in [-0.05, 0) is 23.8 Å². The van der Waals surface area contributed by atoms with Crippen molar-refractivity contribution in [1.29, 1.82) is 0 Å². The highest BCUT2D eigenvalue weighted by atomic mass is 15.0. The second-order valence-electron chi connectivity index (χ2n) is 4.97. The number of aliphatic imine (C=N–C) groups is 2. The summed E-state index contributed by atoms with van der Waals surface area (Å²) in [6.45, 7) is 8.83. The van der Waals surface area contributed by atoms with Gasteiger partial charge in [-0.15, -0.1) is 0 Å². The minimum Gasteiger partial charge on any atom is -0.211 e. The third kappa shape index (κ3) is 1.40. The predicted octanol–water partition coefficient (Wildman–Crippen LogP) is 3.44. The zero-order chi connectivity index (χ0) is 11.1. The van der Waals surface area contributed by atoms with Crippen LogP contribution in [0, 0.1) is 11.8 Å². The number of fused-ring (bicyclic) bond motifs is 1. The van der Waals surface area contributed by atoms with E-state index in [0.29, 0.717) is 11.8 Å². The van der Waals surface area contributed by atoms with Gasteiger partial charge in [0.1, 0.15) is 5.54 Å². The van der Waals surface area contributed by atoms with Gasteiger partial charge in [0, 0.05) is 0 Å². The van der Waals surface area contributed by atoms with Crippen LogP contribution in [0.15, 0.2) is 33.4 Å². The van der Waals surface area contributed by atoms with Gasteiger partial charge in [-0.1, -0.05) is 39.8 Å². The molecule has 0 fully saturated rings. The number of allylic oxidation sites excluding steroid dienone is 2. The number of hydrogen-bond acceptors (Lipinski definition) is 2. The van der Waals surface area contributed by atoms with E-state index in [1.54, 1.807) is 0 Å². The van der Waals surface area contributed by atoms with Gasteiger partial charge in [0.2, 0.25) is 0 Å². The lowest BCUT2D eigenvalue weighted by molar-refractivity contribution is 0.368. The topological polar surface area (TPSA) is 24.7 Å². The molecular formula is C13H18N2. The van der Waals surface area contributed by atoms with Gasteiger partial charge in [-0.3, -0.25) is 0 Å². The third-order valence-corrected chi connectivity index (χ3v) is 3.40. The highest BCUT2D eigenvalue weighted by molar-refractivity contribution is 5.57. The second kappa shape index (κ2) is 3.46. The molecule has 0 aromatic heterocycles. The average Bonchev–Trinajstić information content (AvgIpc) is 2.61. The predicted molar refractivity (Wildman–Crippen MR) is 63.1 cm³/mol. The van der Waals surface area contributed by atoms with Gasteiger partial charge in [-0.2, -0.15) is 4.99 Å². The van der Waals surface area contributed by atoms with E-state index in [9.17, 15) is 0 Å². The van der Waals surface area contributed by atoms with Crippen LogP contribution in [-0.4, -0.2) is 11.5 Å². The van der Waals surface area contributed by atoms with E-state index >= 15 is 0 Å². The van der Waals surface area contributed by atoms with Crippen molar-refractivity contribution in [2.45, 2.75) is 39.7 Å². The Labute approximate surface area is 91.5 Å². The van der Waals surface area contributed by atoms with Crippen molar-refractivity contribution >= 4 is 6.01 Å². The van der Waals surface area contributed by atoms with Crippen molar-refractivity contribution in [3.8, 4) is 0 Å². The van der Waals surface area contributed by atoms with Gasteiger partial charge < -0.3 is 0 Å². The first-order valence-electron chi connectivity index (χ1n) is 5.66. The van der Waals surface area contributed by atoms with Crippen LogP contribution in [0.3, 0.4) is 0 Å². The molecule has 0 radical (unpaired) electrons. The van der Waals surface area contributed by atoms with Gasteiger partial charge >= 0.3 is 0 Å². The highest BCUT2D eigenvalue weighted by Gasteiger charge is 2.42. The van der Waals surface area contributed by atoms with E-state index < -0.39 is 0 Å². The van der Waals surface area contributed by atoms with Crippen molar-refractivity contribution < 1.29 is 0 Å². The van der Waals surface area contributed by atoms with Crippen LogP contribution in [0.5, 0.6) is 0 Å². The molecule has 1 aliphatic heterocycles. The van der Waals surface area contributed by atoms with Gasteiger partial charge in [0.05, 0.1) is 11.7 Å². The monoisotopic (exact) mass is 202 g/mol. The summed E-state index contributed by atoms with van der Waals surface area (Å²) in [5.74, 6) is 0.985. The molecule has 0 saturated carbocycles. The van der Waals surface area contributed by atoms with Crippen molar-refractivity contribution in [3.63, 3.8) is 0 Å². The Hall–Kier alpha value is -1.14. The Morgan fingerprint density at radius 2 is 2.07 bits per heavy atom. The first-order valence-corrected chi connectivity index (χ1v) is 5.66. The molecule has 0 saturated heterocycles. The van der Waals surface area contributed by atoms with E-state index in [2.05, 4.69) is 55.8 Å². The van der Waals surface area contributed by atoms with Crippen molar-refractivity contribution in [1.82, 2.24) is 0 Å². The Bertz CT molecular complexity index is 393. The minimum atomic E-state index is -0.117. The number of nitrogens with zero attached hydrogens (tertiary/aromatic N) is 2. The smallest absolute Gasteiger partial charge is 0.120 e. The van der Waals surface area contributed by atoms with Crippen LogP contribution in [-0.2, 0) is 0 Å². The summed E-state index contributed by atoms with van der Waals surface area (Å²) < 4.78 is 0. The first kappa shape index (κ1) is 10.4. The fraction of sp³-hybridized carbons (Fsp3) is 0.615. The average molecular weight is 202 g/mol. The fourth-order valence-electron chi connectivity index (χ4n) is 2.32. The lowest BCUT2D eigenvalue weighted by Gasteiger charge is -2.33. The van der Waals surface area contributed by atoms with Crippen LogP contribution < -0.4 is 0 Å². The maximum Gasteiger partial charge on any atom is 0.120 e. The zero-order valence-electron chi connectivity index (χ0n) is 9.91. The molecule has 2 nitrogen and oxygen atoms in total. The van der Waals surface area contributed by atoms with Crippen molar-refractivity contribution in [2.24, 2.45) is 21.8 Å². The van der Waals surface area contributed by atoms with Crippen LogP contribution in [0.25, 0.3) is 0 Å². The zero-order valence-corrected chi connectivity index (χ0v) is 9.91. The molecule has 0 N–H and O–H groups in total. The first-order chi connectivity index (χ1) is 7.08. The molecule has 0 aromatic rings. The van der Waals surface area contributed by atoms with Crippen LogP contribution in [0.1, 0.15) is 34.1 Å². The minimum absolute atomic E-state index is 0.117. The van der Waals surface area contributed by atoms with Crippen molar-refractivity contribution in [2.75, 3.05) is 0 Å². The second-order valence-corrected chi connectivity index (χ2v) is 4.97. The Morgan fingerprint density at radius 3 is 2.67 bits per heavy atom. The van der Waals surface area contributed by atoms with E-state index in [0.717, 1.165) is 12.1 Å². The molecule has 0 spiro atoms. The van der Waals surface area contributed by atoms with Gasteiger partial charge in [0.25, 0.3) is 0 Å². The molecule has 2 rings (SSSR count). The Morgan fingerprint density at radius 1 is 1.33 bits per heavy atom. The van der Waals surface area contributed by atoms with Crippen molar-refractivity contribution in [3.05, 3.63) is 23.4 Å². The maximum absolute atomic E-state index is 4.50. The standard InChI is InChI=1S/C13H18N2/c1-9(2)11-6-5-7-13(10(3)4)12(11)14-8-15-13/h5-6,9-10H,7H2,1-4H3. The van der Waals surface area contributed by atoms with Gasteiger partial charge in [-0.25, -0.2) is 4.99 Å². The quantitative estimate of drug-likeness (QED) is 0.655. The van der Waals surface area contributed by atoms with E-state index in [1.165, 1.54) is 5.57 Å². The molecule has 1 heterocycles. The molecule has 0 amide bonds. The largest absolute Gasteiger partial charge is 0.211 e. The van der Waals surface area contributed by atoms with Gasteiger partial charge in [0.15, 0.2) is 0 Å². The van der Waals surface area contributed by atoms with E-state index in [-0.39, 0.29) is 5.54 Å². The normalized spacial score (nSPS) is 28.4. The number of rotatable bonds is 2. The Kier molecular flexibility index (Phi) is 2.40. The lowest BCUT2D eigenvalue weighted by atomic mass is 9.75. The highest BCUT2D eigenvalue weighted by Crippen LogP contribution is 2.43. The van der Waals surface area contributed by atoms with Crippen LogP contribution in [0.4, 0.5) is 0 Å². The molecule has 1 atom stereocenters. The molecule has 80 valence electrons. The molecule has 0 aromatic carbocycles. The molecule has 15 heavy (non-hydrogen) atoms. The summed E-state index contributed by atoms with van der Waals surface area (Å²) >= 11 is 0. The summed E-state index contributed by atoms with van der Waals surface area (Å²) in [7, 11) is 0. The number of hydrogen-bond donors (Lipinski definition) is 0. The molecule has 2 heteroatoms. The van der Waals surface area contributed by atoms with Crippen LogP contribution >= 0.6 is 0 Å². The third-order valence-electron chi connectivity index (χ3n) is 3.40. The summed E-state index contributed by atoms with van der Waals surface area (Å²) in [4.78, 5) is 8.86. The summed E-state index contributed by atoms with van der Waals surface area (Å²) in [5.41, 5.74) is 2.35. The Balaban J connectivity index is 2.52. The maximum atomic E-state index is 4.50. The SMILES string of the molecule is CC(C)C1=C2N=C=NC2(C(C)C)CC=C1. The molecule has 2 aliphatic rings.